The van der Waals surface area contributed by atoms with Gasteiger partial charge in [-0.3, -0.25) is 4.98 Å². The van der Waals surface area contributed by atoms with E-state index in [1.807, 2.05) is 0 Å². The van der Waals surface area contributed by atoms with Gasteiger partial charge in [0.2, 0.25) is 0 Å². The van der Waals surface area contributed by atoms with E-state index in [1.165, 1.54) is 44.7 Å². The molecule has 17 heavy (non-hydrogen) atoms. The molecule has 1 heterocycles. The van der Waals surface area contributed by atoms with Gasteiger partial charge in [0.25, 0.3) is 0 Å². The highest BCUT2D eigenvalue weighted by atomic mass is 19.1. The van der Waals surface area contributed by atoms with E-state index in [0.29, 0.717) is 6.04 Å². The van der Waals surface area contributed by atoms with Gasteiger partial charge in [0.05, 0.1) is 6.20 Å². The summed E-state index contributed by atoms with van der Waals surface area (Å²) in [5.41, 5.74) is 0.939. The second-order valence-electron chi connectivity index (χ2n) is 5.01. The van der Waals surface area contributed by atoms with E-state index in [-0.39, 0.29) is 11.9 Å². The third kappa shape index (κ3) is 3.77. The van der Waals surface area contributed by atoms with Crippen molar-refractivity contribution in [1.29, 1.82) is 0 Å². The lowest BCUT2D eigenvalue weighted by atomic mass is 10.1. The normalized spacial score (nSPS) is 19.9. The maximum Gasteiger partial charge on any atom is 0.141 e. The molecular weight excluding hydrogens is 215 g/mol. The van der Waals surface area contributed by atoms with Crippen molar-refractivity contribution < 1.29 is 4.39 Å². The number of rotatable bonds is 3. The minimum absolute atomic E-state index is 0.182. The predicted octanol–water partition coefficient (Wildman–Crippen LogP) is 3.59. The monoisotopic (exact) mass is 236 g/mol. The Hall–Kier alpha value is -0.960. The average molecular weight is 236 g/mol. The van der Waals surface area contributed by atoms with Gasteiger partial charge < -0.3 is 5.32 Å². The summed E-state index contributed by atoms with van der Waals surface area (Å²) in [4.78, 5) is 3.90. The predicted molar refractivity (Wildman–Crippen MR) is 67.2 cm³/mol. The molecule has 1 unspecified atom stereocenters. The molecule has 0 aromatic carbocycles. The van der Waals surface area contributed by atoms with E-state index in [4.69, 9.17) is 0 Å². The molecule has 0 spiro atoms. The topological polar surface area (TPSA) is 24.9 Å². The number of aromatic nitrogens is 1. The largest absolute Gasteiger partial charge is 0.307 e. The molecule has 94 valence electrons. The fraction of sp³-hybridized carbons (Fsp3) is 0.643. The van der Waals surface area contributed by atoms with Crippen molar-refractivity contribution in [3.63, 3.8) is 0 Å². The fourth-order valence-electron chi connectivity index (χ4n) is 2.56. The Morgan fingerprint density at radius 3 is 2.59 bits per heavy atom. The lowest BCUT2D eigenvalue weighted by Crippen LogP contribution is -2.31. The Labute approximate surface area is 103 Å². The number of halogens is 1. The van der Waals surface area contributed by atoms with Crippen molar-refractivity contribution >= 4 is 0 Å². The first-order valence-electron chi connectivity index (χ1n) is 6.62. The molecule has 1 fully saturated rings. The zero-order valence-electron chi connectivity index (χ0n) is 10.5. The first-order valence-corrected chi connectivity index (χ1v) is 6.62. The average Bonchev–Trinajstić information content (AvgIpc) is 2.57. The summed E-state index contributed by atoms with van der Waals surface area (Å²) >= 11 is 0. The van der Waals surface area contributed by atoms with E-state index in [9.17, 15) is 4.39 Å². The van der Waals surface area contributed by atoms with Crippen LogP contribution in [0.4, 0.5) is 4.39 Å². The SMILES string of the molecule is CC(NC1CCCCCC1)c1cncc(F)c1. The van der Waals surface area contributed by atoms with Crippen molar-refractivity contribution in [3.8, 4) is 0 Å². The summed E-state index contributed by atoms with van der Waals surface area (Å²) in [6.45, 7) is 2.08. The summed E-state index contributed by atoms with van der Waals surface area (Å²) in [5.74, 6) is -0.253. The van der Waals surface area contributed by atoms with Crippen molar-refractivity contribution in [1.82, 2.24) is 10.3 Å². The van der Waals surface area contributed by atoms with Crippen LogP contribution >= 0.6 is 0 Å². The van der Waals surface area contributed by atoms with Gasteiger partial charge in [0.15, 0.2) is 0 Å². The minimum atomic E-state index is -0.253. The van der Waals surface area contributed by atoms with Crippen LogP contribution in [-0.2, 0) is 0 Å². The minimum Gasteiger partial charge on any atom is -0.307 e. The molecule has 0 aliphatic heterocycles. The maximum absolute atomic E-state index is 13.1. The molecule has 0 saturated heterocycles. The second-order valence-corrected chi connectivity index (χ2v) is 5.01. The molecule has 3 heteroatoms. The molecule has 1 aromatic heterocycles. The van der Waals surface area contributed by atoms with Crippen LogP contribution in [0.5, 0.6) is 0 Å². The highest BCUT2D eigenvalue weighted by molar-refractivity contribution is 5.14. The van der Waals surface area contributed by atoms with Gasteiger partial charge >= 0.3 is 0 Å². The molecule has 1 N–H and O–H groups in total. The zero-order valence-corrected chi connectivity index (χ0v) is 10.5. The van der Waals surface area contributed by atoms with Gasteiger partial charge in [0, 0.05) is 18.3 Å². The summed E-state index contributed by atoms with van der Waals surface area (Å²) in [7, 11) is 0. The summed E-state index contributed by atoms with van der Waals surface area (Å²) in [6.07, 6.45) is 10.8. The Balaban J connectivity index is 1.93. The third-order valence-corrected chi connectivity index (χ3v) is 3.57. The van der Waals surface area contributed by atoms with E-state index in [1.54, 1.807) is 12.3 Å². The first kappa shape index (κ1) is 12.5. The molecule has 0 radical (unpaired) electrons. The van der Waals surface area contributed by atoms with Crippen LogP contribution in [0, 0.1) is 5.82 Å². The van der Waals surface area contributed by atoms with Gasteiger partial charge in [-0.1, -0.05) is 25.7 Å². The van der Waals surface area contributed by atoms with Crippen LogP contribution in [0.15, 0.2) is 18.5 Å². The Kier molecular flexibility index (Phi) is 4.49. The number of nitrogens with zero attached hydrogens (tertiary/aromatic N) is 1. The van der Waals surface area contributed by atoms with E-state index in [0.717, 1.165) is 5.56 Å². The number of pyridine rings is 1. The van der Waals surface area contributed by atoms with Gasteiger partial charge in [-0.25, -0.2) is 4.39 Å². The summed E-state index contributed by atoms with van der Waals surface area (Å²) < 4.78 is 13.1. The Morgan fingerprint density at radius 2 is 1.94 bits per heavy atom. The molecule has 1 atom stereocenters. The quantitative estimate of drug-likeness (QED) is 0.811. The maximum atomic E-state index is 13.1. The van der Waals surface area contributed by atoms with Crippen LogP contribution in [-0.4, -0.2) is 11.0 Å². The van der Waals surface area contributed by atoms with Gasteiger partial charge in [-0.05, 0) is 31.4 Å². The van der Waals surface area contributed by atoms with Crippen molar-refractivity contribution in [3.05, 3.63) is 29.8 Å². The number of nitrogens with one attached hydrogen (secondary N) is 1. The third-order valence-electron chi connectivity index (χ3n) is 3.57. The highest BCUT2D eigenvalue weighted by Gasteiger charge is 2.15. The molecule has 1 aliphatic rings. The molecular formula is C14H21FN2. The smallest absolute Gasteiger partial charge is 0.141 e. The molecule has 2 nitrogen and oxygen atoms in total. The highest BCUT2D eigenvalue weighted by Crippen LogP contribution is 2.20. The van der Waals surface area contributed by atoms with Crippen molar-refractivity contribution in [2.75, 3.05) is 0 Å². The van der Waals surface area contributed by atoms with Gasteiger partial charge in [-0.15, -0.1) is 0 Å². The number of hydrogen-bond acceptors (Lipinski definition) is 2. The van der Waals surface area contributed by atoms with Crippen molar-refractivity contribution in [2.45, 2.75) is 57.5 Å². The lowest BCUT2D eigenvalue weighted by molar-refractivity contribution is 0.412. The summed E-state index contributed by atoms with van der Waals surface area (Å²) in [5, 5.41) is 3.60. The van der Waals surface area contributed by atoms with Crippen molar-refractivity contribution in [2.24, 2.45) is 0 Å². The van der Waals surface area contributed by atoms with E-state index >= 15 is 0 Å². The van der Waals surface area contributed by atoms with Gasteiger partial charge in [0.1, 0.15) is 5.82 Å². The lowest BCUT2D eigenvalue weighted by Gasteiger charge is -2.22. The molecule has 1 saturated carbocycles. The Morgan fingerprint density at radius 1 is 1.24 bits per heavy atom. The molecule has 2 rings (SSSR count). The van der Waals surface area contributed by atoms with Crippen LogP contribution in [0.1, 0.15) is 57.1 Å². The standard InChI is InChI=1S/C14H21FN2/c1-11(12-8-13(15)10-16-9-12)17-14-6-4-2-3-5-7-14/h8-11,14,17H,2-7H2,1H3. The number of hydrogen-bond donors (Lipinski definition) is 1. The van der Waals surface area contributed by atoms with Gasteiger partial charge in [-0.2, -0.15) is 0 Å². The van der Waals surface area contributed by atoms with Crippen LogP contribution in [0.25, 0.3) is 0 Å². The molecule has 0 bridgehead atoms. The first-order chi connectivity index (χ1) is 8.25. The van der Waals surface area contributed by atoms with E-state index < -0.39 is 0 Å². The van der Waals surface area contributed by atoms with Crippen LogP contribution in [0.2, 0.25) is 0 Å². The van der Waals surface area contributed by atoms with Crippen LogP contribution < -0.4 is 5.32 Å². The zero-order chi connectivity index (χ0) is 12.1. The Bertz CT molecular complexity index is 346. The second kappa shape index (κ2) is 6.10. The fourth-order valence-corrected chi connectivity index (χ4v) is 2.56. The molecule has 0 amide bonds. The summed E-state index contributed by atoms with van der Waals surface area (Å²) in [6, 6.07) is 2.33. The molecule has 1 aliphatic carbocycles. The van der Waals surface area contributed by atoms with Crippen LogP contribution in [0.3, 0.4) is 0 Å². The van der Waals surface area contributed by atoms with E-state index in [2.05, 4.69) is 17.2 Å². The molecule has 1 aromatic rings.